The zero-order valence-electron chi connectivity index (χ0n) is 33.0. The molecule has 0 radical (unpaired) electrons. The number of hydrogen-bond donors (Lipinski definition) is 10. The van der Waals surface area contributed by atoms with E-state index in [4.69, 9.17) is 38.3 Å². The van der Waals surface area contributed by atoms with Crippen LogP contribution in [-0.2, 0) is 38.0 Å². The second-order valence-corrected chi connectivity index (χ2v) is 14.3. The maximum atomic E-state index is 11.1. The highest BCUT2D eigenvalue weighted by atomic mass is 16.7. The molecule has 60 heavy (non-hydrogen) atoms. The number of carboxylic acid groups (broad SMARTS) is 1. The molecule has 0 aromatic heterocycles. The fraction of sp³-hybridized carbons (Fsp3) is 0.561. The number of aliphatic hydroxyl groups excluding tert-OH is 9. The second-order valence-electron chi connectivity index (χ2n) is 14.3. The van der Waals surface area contributed by atoms with Gasteiger partial charge in [0.15, 0.2) is 18.7 Å². The number of carbonyl (C=O) groups is 2. The first kappa shape index (κ1) is 48.8. The highest BCUT2D eigenvalue weighted by Crippen LogP contribution is 2.31. The van der Waals surface area contributed by atoms with Gasteiger partial charge in [-0.25, -0.2) is 4.79 Å². The number of rotatable bonds is 19. The van der Waals surface area contributed by atoms with Crippen LogP contribution in [0.15, 0.2) is 78.9 Å². The van der Waals surface area contributed by atoms with E-state index in [2.05, 4.69) is 0 Å². The van der Waals surface area contributed by atoms with E-state index in [1.807, 2.05) is 60.8 Å². The zero-order chi connectivity index (χ0) is 43.9. The molecule has 0 saturated carbocycles. The van der Waals surface area contributed by atoms with Crippen LogP contribution in [0.2, 0.25) is 0 Å². The zero-order valence-corrected chi connectivity index (χ0v) is 33.0. The van der Waals surface area contributed by atoms with Crippen molar-refractivity contribution in [2.24, 2.45) is 0 Å². The molecule has 1 aromatic rings. The van der Waals surface area contributed by atoms with Crippen molar-refractivity contribution in [2.75, 3.05) is 13.2 Å². The van der Waals surface area contributed by atoms with Gasteiger partial charge in [0, 0.05) is 6.92 Å². The fourth-order valence-electron chi connectivity index (χ4n) is 6.34. The van der Waals surface area contributed by atoms with E-state index in [0.717, 1.165) is 5.56 Å². The number of benzene rings is 1. The number of unbranched alkanes of at least 4 members (excludes halogenated alkanes) is 1. The number of carbonyl (C=O) groups excluding carboxylic acids is 1. The Morgan fingerprint density at radius 2 is 1.28 bits per heavy atom. The van der Waals surface area contributed by atoms with Gasteiger partial charge in [-0.15, -0.1) is 0 Å². The third-order valence-corrected chi connectivity index (χ3v) is 9.77. The lowest BCUT2D eigenvalue weighted by Gasteiger charge is -2.46. The smallest absolute Gasteiger partial charge is 0.345 e. The largest absolute Gasteiger partial charge is 0.479 e. The summed E-state index contributed by atoms with van der Waals surface area (Å²) in [6.45, 7) is 1.37. The molecule has 334 valence electrons. The Bertz CT molecular complexity index is 1630. The summed E-state index contributed by atoms with van der Waals surface area (Å²) in [7, 11) is 0. The van der Waals surface area contributed by atoms with Crippen molar-refractivity contribution in [3.05, 3.63) is 84.5 Å². The lowest BCUT2D eigenvalue weighted by atomic mass is 9.97. The molecule has 0 aliphatic carbocycles. The van der Waals surface area contributed by atoms with Crippen LogP contribution in [0, 0.1) is 0 Å². The van der Waals surface area contributed by atoms with Gasteiger partial charge in [-0.2, -0.15) is 0 Å². The van der Waals surface area contributed by atoms with Gasteiger partial charge in [0.2, 0.25) is 6.29 Å². The molecule has 0 spiro atoms. The molecule has 3 aliphatic rings. The Labute approximate surface area is 346 Å². The molecular weight excluding hydrogens is 796 g/mol. The standard InChI is InChI=1S/C41H56O19/c1-22-29(44)37(60-41-35(50)32(47)30(45)27(20-42)58-41)36(51)39(55-22)54-21-28-31(46)33(48)34(49)40(59-28)57-25-18-16-24(17-19-25)14-12-10-8-6-4-3-5-7-9-11-13-15-26(38(52)53)56-23(2)43/h3-10,12,14,16-19,22,26-37,39-42,44-51H,11,13,15,20-21H2,1-2H3,(H,52,53)/b5-3+,6-4-,9-7+,10-8-,14-12+/t22-,26+,27+,28+,29-,30+,31+,32-,33-,34+,35+,36+,37+,39+,40+,41-/m0/s1. The third-order valence-electron chi connectivity index (χ3n) is 9.77. The van der Waals surface area contributed by atoms with Gasteiger partial charge in [-0.1, -0.05) is 72.9 Å². The van der Waals surface area contributed by atoms with E-state index in [1.165, 1.54) is 13.8 Å². The molecule has 3 heterocycles. The Morgan fingerprint density at radius 3 is 1.90 bits per heavy atom. The van der Waals surface area contributed by atoms with Gasteiger partial charge < -0.3 is 84.2 Å². The minimum absolute atomic E-state index is 0.232. The molecule has 19 heteroatoms. The second kappa shape index (κ2) is 23.9. The molecule has 3 aliphatic heterocycles. The normalized spacial score (nSPS) is 35.8. The van der Waals surface area contributed by atoms with Crippen LogP contribution >= 0.6 is 0 Å². The topological polar surface area (TPSA) is 301 Å². The molecule has 10 N–H and O–H groups in total. The van der Waals surface area contributed by atoms with E-state index >= 15 is 0 Å². The van der Waals surface area contributed by atoms with Gasteiger partial charge in [0.25, 0.3) is 0 Å². The van der Waals surface area contributed by atoms with Crippen molar-refractivity contribution in [3.8, 4) is 5.75 Å². The maximum Gasteiger partial charge on any atom is 0.345 e. The van der Waals surface area contributed by atoms with E-state index < -0.39 is 123 Å². The molecule has 0 unspecified atom stereocenters. The Balaban J connectivity index is 1.23. The van der Waals surface area contributed by atoms with Crippen LogP contribution in [0.5, 0.6) is 5.75 Å². The van der Waals surface area contributed by atoms with Gasteiger partial charge >= 0.3 is 11.9 Å². The molecule has 3 fully saturated rings. The third kappa shape index (κ3) is 13.8. The van der Waals surface area contributed by atoms with Crippen molar-refractivity contribution < 1.29 is 93.8 Å². The number of aliphatic hydroxyl groups is 9. The molecule has 0 bridgehead atoms. The number of carboxylic acids is 1. The molecule has 16 atom stereocenters. The first-order valence-corrected chi connectivity index (χ1v) is 19.4. The van der Waals surface area contributed by atoms with E-state index in [1.54, 1.807) is 24.3 Å². The summed E-state index contributed by atoms with van der Waals surface area (Å²) in [5.41, 5.74) is 0.814. The van der Waals surface area contributed by atoms with E-state index in [-0.39, 0.29) is 12.2 Å². The van der Waals surface area contributed by atoms with Gasteiger partial charge in [0.1, 0.15) is 72.9 Å². The lowest BCUT2D eigenvalue weighted by Crippen LogP contribution is -2.64. The number of esters is 1. The number of aliphatic carboxylic acids is 1. The molecule has 4 rings (SSSR count). The SMILES string of the molecule is CC(=O)O[C@H](CCC/C=C/C=C/C=C\C=C/C=C/c1ccc(O[C@@H]2O[C@H](CO[C@@H]3O[C@@H](C)[C@H](O)[C@@H](O[C@@H]4O[C@H](CO)[C@@H](O)[C@H](O)[C@H]4O)[C@H]3O)[C@@H](O)[C@H](O)[C@H]2O)cc1)C(=O)O. The van der Waals surface area contributed by atoms with E-state index in [9.17, 15) is 55.5 Å². The summed E-state index contributed by atoms with van der Waals surface area (Å²) in [4.78, 5) is 22.1. The number of allylic oxidation sites excluding steroid dienone is 9. The Kier molecular flexibility index (Phi) is 19.4. The number of hydrogen-bond acceptors (Lipinski definition) is 18. The van der Waals surface area contributed by atoms with Crippen LogP contribution in [0.1, 0.15) is 38.7 Å². The predicted octanol–water partition coefficient (Wildman–Crippen LogP) is -1.03. The van der Waals surface area contributed by atoms with Crippen LogP contribution in [-0.4, -0.2) is 174 Å². The summed E-state index contributed by atoms with van der Waals surface area (Å²) < 4.78 is 38.5. The molecule has 19 nitrogen and oxygen atoms in total. The molecule has 0 amide bonds. The molecular formula is C41H56O19. The fourth-order valence-corrected chi connectivity index (χ4v) is 6.34. The van der Waals surface area contributed by atoms with Crippen molar-refractivity contribution in [1.82, 2.24) is 0 Å². The summed E-state index contributed by atoms with van der Waals surface area (Å²) in [5.74, 6) is -1.52. The van der Waals surface area contributed by atoms with E-state index in [0.29, 0.717) is 12.8 Å². The minimum Gasteiger partial charge on any atom is -0.479 e. The average molecular weight is 853 g/mol. The first-order valence-electron chi connectivity index (χ1n) is 19.4. The highest BCUT2D eigenvalue weighted by molar-refractivity contribution is 5.76. The summed E-state index contributed by atoms with van der Waals surface area (Å²) >= 11 is 0. The maximum absolute atomic E-state index is 11.1. The van der Waals surface area contributed by atoms with Gasteiger partial charge in [-0.05, 0) is 43.9 Å². The first-order chi connectivity index (χ1) is 28.6. The van der Waals surface area contributed by atoms with Gasteiger partial charge in [-0.3, -0.25) is 4.79 Å². The average Bonchev–Trinajstić information content (AvgIpc) is 3.22. The quantitative estimate of drug-likeness (QED) is 0.0452. The van der Waals surface area contributed by atoms with Crippen molar-refractivity contribution >= 4 is 18.0 Å². The van der Waals surface area contributed by atoms with Crippen LogP contribution in [0.4, 0.5) is 0 Å². The van der Waals surface area contributed by atoms with Crippen LogP contribution in [0.3, 0.4) is 0 Å². The molecule has 3 saturated heterocycles. The predicted molar refractivity (Wildman–Crippen MR) is 207 cm³/mol. The monoisotopic (exact) mass is 852 g/mol. The van der Waals surface area contributed by atoms with Crippen molar-refractivity contribution in [1.29, 1.82) is 0 Å². The Hall–Kier alpha value is -3.90. The van der Waals surface area contributed by atoms with Crippen LogP contribution in [0.25, 0.3) is 6.08 Å². The Morgan fingerprint density at radius 1 is 0.700 bits per heavy atom. The minimum atomic E-state index is -1.81. The number of ether oxygens (including phenoxy) is 7. The van der Waals surface area contributed by atoms with Crippen LogP contribution < -0.4 is 4.74 Å². The molecule has 1 aromatic carbocycles. The summed E-state index contributed by atoms with van der Waals surface area (Å²) in [6.07, 6.45) is -4.72. The van der Waals surface area contributed by atoms with Gasteiger partial charge in [0.05, 0.1) is 19.3 Å². The highest BCUT2D eigenvalue weighted by Gasteiger charge is 2.51. The van der Waals surface area contributed by atoms with Crippen molar-refractivity contribution in [3.63, 3.8) is 0 Å². The summed E-state index contributed by atoms with van der Waals surface area (Å²) in [5, 5.41) is 103. The summed E-state index contributed by atoms with van der Waals surface area (Å²) in [6, 6.07) is 6.70. The van der Waals surface area contributed by atoms with Crippen molar-refractivity contribution in [2.45, 2.75) is 131 Å². The lowest BCUT2D eigenvalue weighted by molar-refractivity contribution is -0.361.